The molecule has 186 valence electrons. The Bertz CT molecular complexity index is 1110. The molecule has 0 spiro atoms. The number of ether oxygens (including phenoxy) is 1. The summed E-state index contributed by atoms with van der Waals surface area (Å²) in [5.74, 6) is 0.497. The van der Waals surface area contributed by atoms with Crippen molar-refractivity contribution < 1.29 is 27.2 Å². The van der Waals surface area contributed by atoms with Crippen LogP contribution in [-0.2, 0) is 11.3 Å². The topological polar surface area (TPSA) is 83.7 Å². The first-order chi connectivity index (χ1) is 16.8. The average molecular weight is 489 g/mol. The molecule has 0 saturated carbocycles. The molecule has 2 heterocycles. The predicted octanol–water partition coefficient (Wildman–Crippen LogP) is 3.63. The maximum absolute atomic E-state index is 12.6. The van der Waals surface area contributed by atoms with Gasteiger partial charge in [-0.25, -0.2) is 0 Å². The Labute approximate surface area is 200 Å². The number of hydrogen-bond donors (Lipinski definition) is 1. The number of para-hydroxylation sites is 1. The Balaban J connectivity index is 1.24. The molecule has 1 fully saturated rings. The Morgan fingerprint density at radius 1 is 1.09 bits per heavy atom. The molecule has 2 aromatic carbocycles. The summed E-state index contributed by atoms with van der Waals surface area (Å²) in [4.78, 5) is 21.1. The Kier molecular flexibility index (Phi) is 7.67. The molecule has 8 nitrogen and oxygen atoms in total. The molecule has 1 unspecified atom stereocenters. The highest BCUT2D eigenvalue weighted by atomic mass is 19.4. The fourth-order valence-corrected chi connectivity index (χ4v) is 3.90. The van der Waals surface area contributed by atoms with Gasteiger partial charge in [0.05, 0.1) is 12.6 Å². The molecule has 3 aromatic rings. The van der Waals surface area contributed by atoms with E-state index in [1.54, 1.807) is 6.07 Å². The lowest BCUT2D eigenvalue weighted by Gasteiger charge is -2.36. The van der Waals surface area contributed by atoms with E-state index in [0.717, 1.165) is 5.56 Å². The minimum Gasteiger partial charge on any atom is -0.405 e. The van der Waals surface area contributed by atoms with Gasteiger partial charge in [0, 0.05) is 43.9 Å². The summed E-state index contributed by atoms with van der Waals surface area (Å²) in [7, 11) is 0. The summed E-state index contributed by atoms with van der Waals surface area (Å²) in [5.41, 5.74) is 1.14. The van der Waals surface area contributed by atoms with E-state index in [9.17, 15) is 18.0 Å². The van der Waals surface area contributed by atoms with E-state index in [-0.39, 0.29) is 36.4 Å². The molecule has 11 heteroatoms. The van der Waals surface area contributed by atoms with E-state index in [2.05, 4.69) is 25.1 Å². The van der Waals surface area contributed by atoms with Gasteiger partial charge >= 0.3 is 6.36 Å². The van der Waals surface area contributed by atoms with Crippen LogP contribution in [0.2, 0.25) is 0 Å². The number of nitrogens with one attached hydrogen (secondary N) is 1. The van der Waals surface area contributed by atoms with Crippen molar-refractivity contribution in [1.29, 1.82) is 0 Å². The maximum atomic E-state index is 12.6. The number of piperazine rings is 1. The van der Waals surface area contributed by atoms with Crippen LogP contribution in [0.15, 0.2) is 59.1 Å². The van der Waals surface area contributed by atoms with Crippen molar-refractivity contribution >= 4 is 5.91 Å². The third kappa shape index (κ3) is 6.80. The Morgan fingerprint density at radius 3 is 2.49 bits per heavy atom. The number of carbonyl (C=O) groups is 1. The van der Waals surface area contributed by atoms with Gasteiger partial charge in [-0.05, 0) is 13.0 Å². The molecule has 1 amide bonds. The summed E-state index contributed by atoms with van der Waals surface area (Å²) >= 11 is 0. The fourth-order valence-electron chi connectivity index (χ4n) is 3.90. The smallest absolute Gasteiger partial charge is 0.405 e. The first kappa shape index (κ1) is 24.7. The number of nitrogens with zero attached hydrogens (tertiary/aromatic N) is 4. The molecular weight excluding hydrogens is 463 g/mol. The highest BCUT2D eigenvalue weighted by Gasteiger charge is 2.32. The fraction of sp³-hybridized carbons (Fsp3) is 0.375. The van der Waals surface area contributed by atoms with Crippen LogP contribution in [0, 0.1) is 0 Å². The Morgan fingerprint density at radius 2 is 1.77 bits per heavy atom. The molecule has 0 aliphatic carbocycles. The van der Waals surface area contributed by atoms with Gasteiger partial charge < -0.3 is 14.6 Å². The van der Waals surface area contributed by atoms with Gasteiger partial charge in [0.25, 0.3) is 0 Å². The van der Waals surface area contributed by atoms with Crippen molar-refractivity contribution in [3.63, 3.8) is 0 Å². The third-order valence-corrected chi connectivity index (χ3v) is 5.83. The van der Waals surface area contributed by atoms with E-state index in [0.29, 0.717) is 37.9 Å². The zero-order valence-electron chi connectivity index (χ0n) is 19.2. The van der Waals surface area contributed by atoms with E-state index < -0.39 is 6.36 Å². The first-order valence-electron chi connectivity index (χ1n) is 11.2. The van der Waals surface area contributed by atoms with Crippen molar-refractivity contribution in [3.8, 4) is 17.1 Å². The minimum absolute atomic E-state index is 0.0526. The van der Waals surface area contributed by atoms with Gasteiger partial charge in [0.2, 0.25) is 17.6 Å². The van der Waals surface area contributed by atoms with Crippen LogP contribution in [0.5, 0.6) is 5.75 Å². The maximum Gasteiger partial charge on any atom is 0.573 e. The van der Waals surface area contributed by atoms with Gasteiger partial charge in [-0.15, -0.1) is 13.2 Å². The summed E-state index contributed by atoms with van der Waals surface area (Å²) in [6.07, 6.45) is -4.79. The van der Waals surface area contributed by atoms with Gasteiger partial charge in [-0.3, -0.25) is 14.6 Å². The lowest BCUT2D eigenvalue weighted by Crippen LogP contribution is -2.49. The quantitative estimate of drug-likeness (QED) is 0.517. The highest BCUT2D eigenvalue weighted by molar-refractivity contribution is 5.78. The standard InChI is InChI=1S/C24H26F3N5O3/c1-17(23-29-22(30-35-23)18-7-3-2-4-8-18)32-13-11-31(12-14-32)16-21(33)28-15-19-9-5-6-10-20(19)34-24(25,26)27/h2-10,17H,11-16H2,1H3,(H,28,33). The normalized spacial score (nSPS) is 16.1. The SMILES string of the molecule is CC(c1nc(-c2ccccc2)no1)N1CCN(CC(=O)NCc2ccccc2OC(F)(F)F)CC1. The number of alkyl halides is 3. The van der Waals surface area contributed by atoms with E-state index in [1.165, 1.54) is 18.2 Å². The van der Waals surface area contributed by atoms with E-state index in [1.807, 2.05) is 42.2 Å². The monoisotopic (exact) mass is 489 g/mol. The number of carbonyl (C=O) groups excluding carboxylic acids is 1. The van der Waals surface area contributed by atoms with Gasteiger partial charge in [-0.2, -0.15) is 4.98 Å². The van der Waals surface area contributed by atoms with Crippen LogP contribution < -0.4 is 10.1 Å². The minimum atomic E-state index is -4.79. The molecule has 0 radical (unpaired) electrons. The third-order valence-electron chi connectivity index (χ3n) is 5.83. The van der Waals surface area contributed by atoms with Crippen LogP contribution in [0.25, 0.3) is 11.4 Å². The summed E-state index contributed by atoms with van der Waals surface area (Å²) in [6.45, 7) is 4.84. The number of hydrogen-bond acceptors (Lipinski definition) is 7. The second kappa shape index (κ2) is 10.9. The second-order valence-corrected chi connectivity index (χ2v) is 8.24. The van der Waals surface area contributed by atoms with Crippen molar-refractivity contribution in [2.45, 2.75) is 25.9 Å². The van der Waals surface area contributed by atoms with Crippen LogP contribution >= 0.6 is 0 Å². The average Bonchev–Trinajstić information content (AvgIpc) is 3.34. The summed E-state index contributed by atoms with van der Waals surface area (Å²) in [5, 5.41) is 6.76. The van der Waals surface area contributed by atoms with Crippen LogP contribution in [0.3, 0.4) is 0 Å². The second-order valence-electron chi connectivity index (χ2n) is 8.24. The lowest BCUT2D eigenvalue weighted by molar-refractivity contribution is -0.274. The molecule has 1 aromatic heterocycles. The number of aromatic nitrogens is 2. The molecule has 4 rings (SSSR count). The van der Waals surface area contributed by atoms with Gasteiger partial charge in [0.1, 0.15) is 5.75 Å². The molecule has 1 atom stereocenters. The molecular formula is C24H26F3N5O3. The van der Waals surface area contributed by atoms with Crippen molar-refractivity contribution in [2.75, 3.05) is 32.7 Å². The molecule has 1 aliphatic rings. The summed E-state index contributed by atoms with van der Waals surface area (Å²) in [6, 6.07) is 15.3. The van der Waals surface area contributed by atoms with Crippen LogP contribution in [-0.4, -0.2) is 64.9 Å². The van der Waals surface area contributed by atoms with Crippen molar-refractivity contribution in [1.82, 2.24) is 25.3 Å². The Hall–Kier alpha value is -3.44. The molecule has 1 saturated heterocycles. The van der Waals surface area contributed by atoms with Crippen molar-refractivity contribution in [2.24, 2.45) is 0 Å². The van der Waals surface area contributed by atoms with Gasteiger partial charge in [-0.1, -0.05) is 53.7 Å². The van der Waals surface area contributed by atoms with Gasteiger partial charge in [0.15, 0.2) is 0 Å². The zero-order valence-corrected chi connectivity index (χ0v) is 19.2. The molecule has 1 aliphatic heterocycles. The summed E-state index contributed by atoms with van der Waals surface area (Å²) < 4.78 is 47.2. The van der Waals surface area contributed by atoms with E-state index in [4.69, 9.17) is 4.52 Å². The van der Waals surface area contributed by atoms with Crippen LogP contribution in [0.4, 0.5) is 13.2 Å². The highest BCUT2D eigenvalue weighted by Crippen LogP contribution is 2.26. The largest absolute Gasteiger partial charge is 0.573 e. The molecule has 35 heavy (non-hydrogen) atoms. The first-order valence-corrected chi connectivity index (χ1v) is 11.2. The van der Waals surface area contributed by atoms with Crippen molar-refractivity contribution in [3.05, 3.63) is 66.1 Å². The number of halogens is 3. The number of rotatable bonds is 8. The number of amides is 1. The zero-order chi connectivity index (χ0) is 24.8. The van der Waals surface area contributed by atoms with E-state index >= 15 is 0 Å². The van der Waals surface area contributed by atoms with Crippen LogP contribution in [0.1, 0.15) is 24.4 Å². The number of benzene rings is 2. The molecule has 1 N–H and O–H groups in total. The predicted molar refractivity (Wildman–Crippen MR) is 121 cm³/mol. The molecule has 0 bridgehead atoms. The lowest BCUT2D eigenvalue weighted by atomic mass is 10.2.